The second kappa shape index (κ2) is 3.68. The van der Waals surface area contributed by atoms with E-state index in [4.69, 9.17) is 5.11 Å². The fraction of sp³-hybridized carbons (Fsp3) is 0.636. The van der Waals surface area contributed by atoms with Crippen molar-refractivity contribution >= 4 is 11.9 Å². The van der Waals surface area contributed by atoms with Crippen molar-refractivity contribution in [3.63, 3.8) is 0 Å². The van der Waals surface area contributed by atoms with Crippen molar-refractivity contribution < 1.29 is 19.4 Å². The molecule has 1 saturated carbocycles. The lowest BCUT2D eigenvalue weighted by atomic mass is 10.1. The molecule has 0 aromatic heterocycles. The largest absolute Gasteiger partial charge is 0.481 e. The molecule has 1 aliphatic rings. The standard InChI is InChI=1S/C11H16O4/c1-6(10(14)15-4)5-7-8(9(12)13)11(7,2)3/h5,7-8H,1-4H3,(H,12,13)/b6-5+/t7-,8+/m1/s1. The Hall–Kier alpha value is -1.32. The Morgan fingerprint density at radius 1 is 1.40 bits per heavy atom. The zero-order valence-corrected chi connectivity index (χ0v) is 9.40. The molecule has 1 rings (SSSR count). The first-order chi connectivity index (χ1) is 6.82. The molecule has 0 unspecified atom stereocenters. The first-order valence-corrected chi connectivity index (χ1v) is 4.82. The van der Waals surface area contributed by atoms with E-state index in [0.717, 1.165) is 0 Å². The zero-order valence-electron chi connectivity index (χ0n) is 9.40. The summed E-state index contributed by atoms with van der Waals surface area (Å²) in [7, 11) is 1.31. The third kappa shape index (κ3) is 2.03. The van der Waals surface area contributed by atoms with Gasteiger partial charge in [-0.25, -0.2) is 4.79 Å². The maximum Gasteiger partial charge on any atom is 0.333 e. The van der Waals surface area contributed by atoms with Crippen LogP contribution in [0.4, 0.5) is 0 Å². The van der Waals surface area contributed by atoms with Gasteiger partial charge in [-0.15, -0.1) is 0 Å². The molecule has 0 bridgehead atoms. The summed E-state index contributed by atoms with van der Waals surface area (Å²) in [5.41, 5.74) is 0.209. The summed E-state index contributed by atoms with van der Waals surface area (Å²) in [6, 6.07) is 0. The minimum absolute atomic E-state index is 0.0749. The van der Waals surface area contributed by atoms with Gasteiger partial charge in [0.1, 0.15) is 0 Å². The van der Waals surface area contributed by atoms with E-state index in [1.165, 1.54) is 7.11 Å². The van der Waals surface area contributed by atoms with Gasteiger partial charge in [0, 0.05) is 5.57 Å². The van der Waals surface area contributed by atoms with Gasteiger partial charge in [0.05, 0.1) is 13.0 Å². The van der Waals surface area contributed by atoms with Gasteiger partial charge in [-0.1, -0.05) is 19.9 Å². The predicted octanol–water partition coefficient (Wildman–Crippen LogP) is 1.46. The fourth-order valence-corrected chi connectivity index (χ4v) is 1.96. The lowest BCUT2D eigenvalue weighted by molar-refractivity contribution is -0.139. The molecular formula is C11H16O4. The van der Waals surface area contributed by atoms with Gasteiger partial charge in [0.15, 0.2) is 0 Å². The van der Waals surface area contributed by atoms with Gasteiger partial charge in [0.2, 0.25) is 0 Å². The maximum absolute atomic E-state index is 11.1. The van der Waals surface area contributed by atoms with Crippen molar-refractivity contribution in [1.29, 1.82) is 0 Å². The second-order valence-electron chi connectivity index (χ2n) is 4.50. The van der Waals surface area contributed by atoms with Crippen molar-refractivity contribution in [1.82, 2.24) is 0 Å². The van der Waals surface area contributed by atoms with Crippen LogP contribution in [-0.4, -0.2) is 24.2 Å². The van der Waals surface area contributed by atoms with Crippen LogP contribution in [0.5, 0.6) is 0 Å². The molecule has 2 atom stereocenters. The summed E-state index contributed by atoms with van der Waals surface area (Å²) in [6.07, 6.45) is 1.70. The molecule has 0 aliphatic heterocycles. The normalized spacial score (nSPS) is 28.4. The van der Waals surface area contributed by atoms with Gasteiger partial charge >= 0.3 is 11.9 Å². The first kappa shape index (κ1) is 11.8. The van der Waals surface area contributed by atoms with Crippen LogP contribution in [-0.2, 0) is 14.3 Å². The molecule has 0 saturated heterocycles. The fourth-order valence-electron chi connectivity index (χ4n) is 1.96. The molecule has 0 heterocycles. The number of carboxylic acids is 1. The number of esters is 1. The van der Waals surface area contributed by atoms with Crippen LogP contribution in [0.1, 0.15) is 20.8 Å². The van der Waals surface area contributed by atoms with E-state index < -0.39 is 17.9 Å². The topological polar surface area (TPSA) is 63.6 Å². The monoisotopic (exact) mass is 212 g/mol. The molecule has 15 heavy (non-hydrogen) atoms. The summed E-state index contributed by atoms with van der Waals surface area (Å²) < 4.78 is 4.55. The smallest absolute Gasteiger partial charge is 0.333 e. The van der Waals surface area contributed by atoms with Crippen LogP contribution < -0.4 is 0 Å². The quantitative estimate of drug-likeness (QED) is 0.568. The third-order valence-corrected chi connectivity index (χ3v) is 3.11. The van der Waals surface area contributed by atoms with Crippen molar-refractivity contribution in [2.75, 3.05) is 7.11 Å². The molecule has 4 heteroatoms. The maximum atomic E-state index is 11.1. The lowest BCUT2D eigenvalue weighted by Gasteiger charge is -1.99. The van der Waals surface area contributed by atoms with Crippen LogP contribution in [0.2, 0.25) is 0 Å². The lowest BCUT2D eigenvalue weighted by Crippen LogP contribution is -2.03. The van der Waals surface area contributed by atoms with Crippen molar-refractivity contribution in [3.8, 4) is 0 Å². The SMILES string of the molecule is COC(=O)/C(C)=C/[C@@H]1[C@@H](C(=O)O)C1(C)C. The van der Waals surface area contributed by atoms with Crippen LogP contribution >= 0.6 is 0 Å². The molecule has 0 amide bonds. The number of ether oxygens (including phenoxy) is 1. The Morgan fingerprint density at radius 2 is 1.93 bits per heavy atom. The molecule has 1 N–H and O–H groups in total. The van der Waals surface area contributed by atoms with Gasteiger partial charge in [-0.3, -0.25) is 4.79 Å². The highest BCUT2D eigenvalue weighted by atomic mass is 16.5. The Bertz CT molecular complexity index is 327. The van der Waals surface area contributed by atoms with E-state index in [2.05, 4.69) is 4.74 Å². The Labute approximate surface area is 88.9 Å². The molecule has 84 valence electrons. The van der Waals surface area contributed by atoms with E-state index in [9.17, 15) is 9.59 Å². The number of rotatable bonds is 3. The number of hydrogen-bond acceptors (Lipinski definition) is 3. The minimum atomic E-state index is -0.807. The average molecular weight is 212 g/mol. The van der Waals surface area contributed by atoms with Crippen LogP contribution in [0, 0.1) is 17.3 Å². The molecule has 0 aromatic rings. The molecule has 1 fully saturated rings. The van der Waals surface area contributed by atoms with E-state index >= 15 is 0 Å². The Balaban J connectivity index is 2.78. The predicted molar refractivity (Wildman–Crippen MR) is 54.2 cm³/mol. The Kier molecular flexibility index (Phi) is 2.88. The van der Waals surface area contributed by atoms with Gasteiger partial charge in [-0.05, 0) is 18.3 Å². The van der Waals surface area contributed by atoms with Crippen LogP contribution in [0.15, 0.2) is 11.6 Å². The van der Waals surface area contributed by atoms with E-state index in [1.54, 1.807) is 13.0 Å². The van der Waals surface area contributed by atoms with E-state index in [-0.39, 0.29) is 11.3 Å². The van der Waals surface area contributed by atoms with Crippen molar-refractivity contribution in [2.45, 2.75) is 20.8 Å². The number of hydrogen-bond donors (Lipinski definition) is 1. The Morgan fingerprint density at radius 3 is 2.27 bits per heavy atom. The summed E-state index contributed by atoms with van der Waals surface area (Å²) >= 11 is 0. The summed E-state index contributed by atoms with van der Waals surface area (Å²) in [6.45, 7) is 5.41. The number of methoxy groups -OCH3 is 1. The average Bonchev–Trinajstić information content (AvgIpc) is 2.66. The van der Waals surface area contributed by atoms with Crippen LogP contribution in [0.3, 0.4) is 0 Å². The van der Waals surface area contributed by atoms with E-state index in [0.29, 0.717) is 5.57 Å². The van der Waals surface area contributed by atoms with E-state index in [1.807, 2.05) is 13.8 Å². The zero-order chi connectivity index (χ0) is 11.8. The molecule has 0 radical (unpaired) electrons. The number of carbonyl (C=O) groups excluding carboxylic acids is 1. The molecule has 1 aliphatic carbocycles. The number of aliphatic carboxylic acids is 1. The molecule has 0 spiro atoms. The minimum Gasteiger partial charge on any atom is -0.481 e. The first-order valence-electron chi connectivity index (χ1n) is 4.82. The summed E-state index contributed by atoms with van der Waals surface area (Å²) in [5, 5.41) is 8.92. The van der Waals surface area contributed by atoms with Crippen molar-refractivity contribution in [3.05, 3.63) is 11.6 Å². The molecular weight excluding hydrogens is 196 g/mol. The van der Waals surface area contributed by atoms with Gasteiger partial charge in [0.25, 0.3) is 0 Å². The van der Waals surface area contributed by atoms with Gasteiger partial charge < -0.3 is 9.84 Å². The molecule has 0 aromatic carbocycles. The highest BCUT2D eigenvalue weighted by Gasteiger charge is 2.61. The van der Waals surface area contributed by atoms with Crippen LogP contribution in [0.25, 0.3) is 0 Å². The highest BCUT2D eigenvalue weighted by molar-refractivity contribution is 5.88. The number of allylic oxidation sites excluding steroid dienone is 1. The van der Waals surface area contributed by atoms with Crippen molar-refractivity contribution in [2.24, 2.45) is 17.3 Å². The highest BCUT2D eigenvalue weighted by Crippen LogP contribution is 2.59. The second-order valence-corrected chi connectivity index (χ2v) is 4.50. The number of carboxylic acid groups (broad SMARTS) is 1. The summed E-state index contributed by atoms with van der Waals surface area (Å²) in [4.78, 5) is 22.0. The molecule has 4 nitrogen and oxygen atoms in total. The van der Waals surface area contributed by atoms with Gasteiger partial charge in [-0.2, -0.15) is 0 Å². The third-order valence-electron chi connectivity index (χ3n) is 3.11. The summed E-state index contributed by atoms with van der Waals surface area (Å²) in [5.74, 6) is -1.67. The number of carbonyl (C=O) groups is 2.